The van der Waals surface area contributed by atoms with Crippen LogP contribution < -0.4 is 10.2 Å². The molecule has 0 atom stereocenters. The van der Waals surface area contributed by atoms with Crippen molar-refractivity contribution in [1.82, 2.24) is 15.1 Å². The summed E-state index contributed by atoms with van der Waals surface area (Å²) in [7, 11) is 7.76. The van der Waals surface area contributed by atoms with Crippen molar-refractivity contribution >= 4 is 47.7 Å². The van der Waals surface area contributed by atoms with E-state index in [1.807, 2.05) is 11.0 Å². The molecule has 0 bridgehead atoms. The highest BCUT2D eigenvalue weighted by atomic mass is 127. The molecule has 0 aromatic heterocycles. The standard InChI is InChI=1S/C19H26BIN6O3/c1-24-8-10-25(11-9-24)7-4-23-19(28)16-13-17(26(5-2-20)6-3-21)15(14-22)12-18(16)27(29)30/h12-13H,2-11H2,1H3,(H,23,28). The fourth-order valence-corrected chi connectivity index (χ4v) is 3.95. The van der Waals surface area contributed by atoms with Crippen LogP contribution in [0.3, 0.4) is 0 Å². The maximum Gasteiger partial charge on any atom is 0.283 e. The van der Waals surface area contributed by atoms with E-state index in [9.17, 15) is 20.2 Å². The second-order valence-electron chi connectivity index (χ2n) is 7.12. The smallest absolute Gasteiger partial charge is 0.283 e. The molecular formula is C19H26BIN6O3. The van der Waals surface area contributed by atoms with Crippen LogP contribution in [0.1, 0.15) is 15.9 Å². The highest BCUT2D eigenvalue weighted by Gasteiger charge is 2.25. The van der Waals surface area contributed by atoms with Gasteiger partial charge in [0.2, 0.25) is 0 Å². The predicted molar refractivity (Wildman–Crippen MR) is 126 cm³/mol. The van der Waals surface area contributed by atoms with E-state index in [-0.39, 0.29) is 16.8 Å². The second-order valence-corrected chi connectivity index (χ2v) is 8.20. The molecule has 0 unspecified atom stereocenters. The van der Waals surface area contributed by atoms with Crippen LogP contribution in [0.2, 0.25) is 6.32 Å². The lowest BCUT2D eigenvalue weighted by Gasteiger charge is -2.32. The molecule has 30 heavy (non-hydrogen) atoms. The highest BCUT2D eigenvalue weighted by Crippen LogP contribution is 2.30. The predicted octanol–water partition coefficient (Wildman–Crippen LogP) is 1.27. The van der Waals surface area contributed by atoms with E-state index in [4.69, 9.17) is 7.85 Å². The summed E-state index contributed by atoms with van der Waals surface area (Å²) in [5, 5.41) is 23.8. The fourth-order valence-electron chi connectivity index (χ4n) is 3.37. The average Bonchev–Trinajstić information content (AvgIpc) is 2.73. The molecule has 1 saturated heterocycles. The molecule has 9 nitrogen and oxygen atoms in total. The summed E-state index contributed by atoms with van der Waals surface area (Å²) in [6.07, 6.45) is 0.366. The molecule has 160 valence electrons. The third kappa shape index (κ3) is 6.55. The van der Waals surface area contributed by atoms with Crippen LogP contribution in [0.5, 0.6) is 0 Å². The Kier molecular flexibility index (Phi) is 9.80. The third-order valence-electron chi connectivity index (χ3n) is 5.08. The van der Waals surface area contributed by atoms with Crippen molar-refractivity contribution in [3.8, 4) is 6.07 Å². The second kappa shape index (κ2) is 12.1. The van der Waals surface area contributed by atoms with Crippen molar-refractivity contribution in [3.63, 3.8) is 0 Å². The number of anilines is 1. The molecule has 1 aromatic carbocycles. The zero-order valence-electron chi connectivity index (χ0n) is 17.1. The van der Waals surface area contributed by atoms with Crippen molar-refractivity contribution in [2.75, 3.05) is 68.7 Å². The average molecular weight is 524 g/mol. The van der Waals surface area contributed by atoms with Gasteiger partial charge in [0.05, 0.1) is 24.0 Å². The number of amides is 1. The van der Waals surface area contributed by atoms with Gasteiger partial charge in [-0.3, -0.25) is 19.8 Å². The van der Waals surface area contributed by atoms with E-state index < -0.39 is 10.8 Å². The number of nitrogens with one attached hydrogen (secondary N) is 1. The lowest BCUT2D eigenvalue weighted by Crippen LogP contribution is -2.46. The van der Waals surface area contributed by atoms with E-state index in [0.717, 1.165) is 30.6 Å². The van der Waals surface area contributed by atoms with Crippen LogP contribution in [0.25, 0.3) is 0 Å². The number of hydrogen-bond donors (Lipinski definition) is 1. The number of carbonyl (C=O) groups excluding carboxylic acids is 1. The first-order valence-electron chi connectivity index (χ1n) is 9.83. The summed E-state index contributed by atoms with van der Waals surface area (Å²) in [5.74, 6) is -0.510. The summed E-state index contributed by atoms with van der Waals surface area (Å²) in [6, 6.07) is 4.64. The minimum atomic E-state index is -0.619. The first-order valence-corrected chi connectivity index (χ1v) is 11.4. The van der Waals surface area contributed by atoms with E-state index in [1.165, 1.54) is 12.1 Å². The Balaban J connectivity index is 2.21. The van der Waals surface area contributed by atoms with Crippen molar-refractivity contribution in [1.29, 1.82) is 5.26 Å². The summed E-state index contributed by atoms with van der Waals surface area (Å²) < 4.78 is 0.784. The number of halogens is 1. The number of benzene rings is 1. The normalized spacial score (nSPS) is 14.8. The van der Waals surface area contributed by atoms with Crippen LogP contribution in [-0.4, -0.2) is 92.3 Å². The Morgan fingerprint density at radius 2 is 2.07 bits per heavy atom. The topological polar surface area (TPSA) is 106 Å². The van der Waals surface area contributed by atoms with Gasteiger partial charge in [-0.1, -0.05) is 28.9 Å². The van der Waals surface area contributed by atoms with Crippen molar-refractivity contribution in [2.45, 2.75) is 6.32 Å². The molecule has 1 aliphatic rings. The van der Waals surface area contributed by atoms with E-state index >= 15 is 0 Å². The van der Waals surface area contributed by atoms with Gasteiger partial charge in [0, 0.05) is 62.9 Å². The summed E-state index contributed by atoms with van der Waals surface area (Å²) >= 11 is 2.21. The molecule has 1 N–H and O–H groups in total. The largest absolute Gasteiger partial charge is 0.370 e. The molecular weight excluding hydrogens is 498 g/mol. The van der Waals surface area contributed by atoms with E-state index in [1.54, 1.807) is 0 Å². The number of nitro benzene ring substituents is 1. The highest BCUT2D eigenvalue weighted by molar-refractivity contribution is 14.1. The minimum absolute atomic E-state index is 0.0390. The van der Waals surface area contributed by atoms with E-state index in [0.29, 0.717) is 38.2 Å². The number of rotatable bonds is 10. The number of nitro groups is 1. The monoisotopic (exact) mass is 524 g/mol. The molecule has 1 fully saturated rings. The van der Waals surface area contributed by atoms with Gasteiger partial charge in [-0.15, -0.1) is 0 Å². The summed E-state index contributed by atoms with van der Waals surface area (Å²) in [6.45, 7) is 6.00. The van der Waals surface area contributed by atoms with Gasteiger partial charge in [-0.25, -0.2) is 0 Å². The third-order valence-corrected chi connectivity index (χ3v) is 5.56. The van der Waals surface area contributed by atoms with Gasteiger partial charge < -0.3 is 15.1 Å². The van der Waals surface area contributed by atoms with E-state index in [2.05, 4.69) is 44.8 Å². The van der Waals surface area contributed by atoms with Crippen molar-refractivity contribution in [2.24, 2.45) is 0 Å². The lowest BCUT2D eigenvalue weighted by atomic mass is 10.0. The number of nitrogens with zero attached hydrogens (tertiary/aromatic N) is 5. The van der Waals surface area contributed by atoms with Crippen LogP contribution in [-0.2, 0) is 0 Å². The number of piperazine rings is 1. The molecule has 11 heteroatoms. The van der Waals surface area contributed by atoms with Gasteiger partial charge in [-0.2, -0.15) is 5.26 Å². The maximum atomic E-state index is 12.8. The quantitative estimate of drug-likeness (QED) is 0.162. The fraction of sp³-hybridized carbons (Fsp3) is 0.579. The van der Waals surface area contributed by atoms with Crippen LogP contribution >= 0.6 is 22.6 Å². The van der Waals surface area contributed by atoms with Gasteiger partial charge in [0.25, 0.3) is 11.6 Å². The molecule has 2 rings (SSSR count). The zero-order valence-corrected chi connectivity index (χ0v) is 19.3. The first kappa shape index (κ1) is 24.4. The lowest BCUT2D eigenvalue weighted by molar-refractivity contribution is -0.385. The number of hydrogen-bond acceptors (Lipinski definition) is 7. The van der Waals surface area contributed by atoms with Gasteiger partial charge in [-0.05, 0) is 13.1 Å². The Bertz CT molecular complexity index is 789. The number of nitriles is 1. The van der Waals surface area contributed by atoms with Gasteiger partial charge in [0.15, 0.2) is 0 Å². The number of carbonyl (C=O) groups is 1. The molecule has 1 aromatic rings. The Labute approximate surface area is 192 Å². The molecule has 1 aliphatic heterocycles. The Hall–Kier alpha value is -1.91. The minimum Gasteiger partial charge on any atom is -0.370 e. The summed E-state index contributed by atoms with van der Waals surface area (Å²) in [4.78, 5) is 30.1. The van der Waals surface area contributed by atoms with Gasteiger partial charge >= 0.3 is 0 Å². The first-order chi connectivity index (χ1) is 14.4. The van der Waals surface area contributed by atoms with Gasteiger partial charge in [0.1, 0.15) is 11.6 Å². The van der Waals surface area contributed by atoms with Crippen LogP contribution in [0, 0.1) is 21.4 Å². The Morgan fingerprint density at radius 1 is 1.37 bits per heavy atom. The molecule has 2 radical (unpaired) electrons. The molecule has 1 amide bonds. The molecule has 1 heterocycles. The molecule has 0 spiro atoms. The Morgan fingerprint density at radius 3 is 2.63 bits per heavy atom. The maximum absolute atomic E-state index is 12.8. The van der Waals surface area contributed by atoms with Crippen LogP contribution in [0.15, 0.2) is 12.1 Å². The van der Waals surface area contributed by atoms with Crippen LogP contribution in [0.4, 0.5) is 11.4 Å². The molecule has 0 saturated carbocycles. The number of alkyl halides is 1. The number of likely N-dealkylation sites (N-methyl/N-ethyl adjacent to an activating group) is 1. The molecule has 0 aliphatic carbocycles. The van der Waals surface area contributed by atoms with Crippen molar-refractivity contribution < 1.29 is 9.72 Å². The zero-order chi connectivity index (χ0) is 22.1. The SMILES string of the molecule is [B]CCN(CCI)c1cc(C(=O)NCCN2CCN(C)CC2)c([N+](=O)[O-])cc1C#N. The van der Waals surface area contributed by atoms with Crippen molar-refractivity contribution in [3.05, 3.63) is 33.4 Å². The summed E-state index contributed by atoms with van der Waals surface area (Å²) in [5.41, 5.74) is 0.251.